The third-order valence-electron chi connectivity index (χ3n) is 4.17. The van der Waals surface area contributed by atoms with Crippen LogP contribution in [0.4, 0.5) is 0 Å². The lowest BCUT2D eigenvalue weighted by atomic mass is 10.0. The lowest BCUT2D eigenvalue weighted by molar-refractivity contribution is 0.0894. The summed E-state index contributed by atoms with van der Waals surface area (Å²) in [7, 11) is 0. The van der Waals surface area contributed by atoms with E-state index in [1.54, 1.807) is 0 Å². The first-order valence-corrected chi connectivity index (χ1v) is 8.48. The summed E-state index contributed by atoms with van der Waals surface area (Å²) in [4.78, 5) is 14.8. The molecule has 0 saturated heterocycles. The fraction of sp³-hybridized carbons (Fsp3) is 0.632. The van der Waals surface area contributed by atoms with Crippen LogP contribution in [-0.4, -0.2) is 29.8 Å². The van der Waals surface area contributed by atoms with Crippen LogP contribution in [0.25, 0.3) is 0 Å². The van der Waals surface area contributed by atoms with Crippen LogP contribution < -0.4 is 0 Å². The SMILES string of the molecule is CCCCN(CC(=O)c1ccc(CCC)cc1)C(C)CC. The number of rotatable bonds is 10. The highest BCUT2D eigenvalue weighted by Gasteiger charge is 2.16. The lowest BCUT2D eigenvalue weighted by Crippen LogP contribution is -2.37. The van der Waals surface area contributed by atoms with E-state index in [4.69, 9.17) is 0 Å². The van der Waals surface area contributed by atoms with Crippen LogP contribution in [0.5, 0.6) is 0 Å². The summed E-state index contributed by atoms with van der Waals surface area (Å²) in [5, 5.41) is 0. The highest BCUT2D eigenvalue weighted by atomic mass is 16.1. The predicted octanol–water partition coefficient (Wildman–Crippen LogP) is 4.72. The Balaban J connectivity index is 2.67. The van der Waals surface area contributed by atoms with Gasteiger partial charge in [0.2, 0.25) is 0 Å². The van der Waals surface area contributed by atoms with Gasteiger partial charge in [0, 0.05) is 11.6 Å². The monoisotopic (exact) mass is 289 g/mol. The van der Waals surface area contributed by atoms with E-state index in [0.29, 0.717) is 12.6 Å². The number of carbonyl (C=O) groups is 1. The zero-order chi connectivity index (χ0) is 15.7. The van der Waals surface area contributed by atoms with E-state index in [-0.39, 0.29) is 5.78 Å². The second kappa shape index (κ2) is 9.73. The third kappa shape index (κ3) is 6.01. The molecule has 0 saturated carbocycles. The topological polar surface area (TPSA) is 20.3 Å². The lowest BCUT2D eigenvalue weighted by Gasteiger charge is -2.27. The van der Waals surface area contributed by atoms with E-state index in [1.165, 1.54) is 12.0 Å². The maximum atomic E-state index is 12.5. The zero-order valence-corrected chi connectivity index (χ0v) is 14.2. The summed E-state index contributed by atoms with van der Waals surface area (Å²) < 4.78 is 0. The van der Waals surface area contributed by atoms with Crippen molar-refractivity contribution in [2.75, 3.05) is 13.1 Å². The van der Waals surface area contributed by atoms with Gasteiger partial charge in [-0.3, -0.25) is 9.69 Å². The smallest absolute Gasteiger partial charge is 0.176 e. The maximum Gasteiger partial charge on any atom is 0.176 e. The molecule has 1 atom stereocenters. The van der Waals surface area contributed by atoms with Crippen LogP contribution in [0, 0.1) is 0 Å². The molecule has 0 N–H and O–H groups in total. The van der Waals surface area contributed by atoms with Gasteiger partial charge in [0.25, 0.3) is 0 Å². The molecule has 0 amide bonds. The van der Waals surface area contributed by atoms with Crippen molar-refractivity contribution in [2.24, 2.45) is 0 Å². The Labute approximate surface area is 130 Å². The first-order valence-electron chi connectivity index (χ1n) is 8.48. The molecule has 21 heavy (non-hydrogen) atoms. The summed E-state index contributed by atoms with van der Waals surface area (Å²) in [6, 6.07) is 8.64. The van der Waals surface area contributed by atoms with Gasteiger partial charge in [-0.05, 0) is 38.3 Å². The van der Waals surface area contributed by atoms with Gasteiger partial charge in [0.05, 0.1) is 6.54 Å². The van der Waals surface area contributed by atoms with E-state index in [0.717, 1.165) is 37.8 Å². The Bertz CT molecular complexity index is 410. The molecule has 0 fully saturated rings. The Hall–Kier alpha value is -1.15. The molecule has 0 spiro atoms. The molecule has 1 unspecified atom stereocenters. The number of ketones is 1. The second-order valence-corrected chi connectivity index (χ2v) is 5.95. The molecule has 0 bridgehead atoms. The van der Waals surface area contributed by atoms with Crippen molar-refractivity contribution >= 4 is 5.78 Å². The minimum atomic E-state index is 0.245. The van der Waals surface area contributed by atoms with Crippen LogP contribution in [0.15, 0.2) is 24.3 Å². The van der Waals surface area contributed by atoms with E-state index in [9.17, 15) is 4.79 Å². The summed E-state index contributed by atoms with van der Waals surface area (Å²) in [5.74, 6) is 0.245. The van der Waals surface area contributed by atoms with Gasteiger partial charge in [-0.1, -0.05) is 57.9 Å². The normalized spacial score (nSPS) is 12.6. The Kier molecular flexibility index (Phi) is 8.29. The first kappa shape index (κ1) is 17.9. The number of benzene rings is 1. The van der Waals surface area contributed by atoms with E-state index < -0.39 is 0 Å². The van der Waals surface area contributed by atoms with Gasteiger partial charge in [-0.15, -0.1) is 0 Å². The van der Waals surface area contributed by atoms with Crippen molar-refractivity contribution in [1.29, 1.82) is 0 Å². The van der Waals surface area contributed by atoms with Gasteiger partial charge in [0.1, 0.15) is 0 Å². The zero-order valence-electron chi connectivity index (χ0n) is 14.2. The number of aryl methyl sites for hydroxylation is 1. The van der Waals surface area contributed by atoms with Crippen LogP contribution in [-0.2, 0) is 6.42 Å². The average Bonchev–Trinajstić information content (AvgIpc) is 2.51. The largest absolute Gasteiger partial charge is 0.293 e. The molecule has 1 aromatic carbocycles. The van der Waals surface area contributed by atoms with E-state index >= 15 is 0 Å². The maximum absolute atomic E-state index is 12.5. The average molecular weight is 289 g/mol. The molecule has 2 heteroatoms. The quantitative estimate of drug-likeness (QED) is 0.581. The number of carbonyl (C=O) groups excluding carboxylic acids is 1. The van der Waals surface area contributed by atoms with Crippen LogP contribution in [0.3, 0.4) is 0 Å². The van der Waals surface area contributed by atoms with Gasteiger partial charge >= 0.3 is 0 Å². The van der Waals surface area contributed by atoms with E-state index in [1.807, 2.05) is 12.1 Å². The third-order valence-corrected chi connectivity index (χ3v) is 4.17. The van der Waals surface area contributed by atoms with E-state index in [2.05, 4.69) is 44.7 Å². The molecule has 0 aliphatic carbocycles. The van der Waals surface area contributed by atoms with Gasteiger partial charge in [-0.25, -0.2) is 0 Å². The minimum absolute atomic E-state index is 0.245. The number of unbranched alkanes of at least 4 members (excludes halogenated alkanes) is 1. The molecule has 0 heterocycles. The fourth-order valence-electron chi connectivity index (χ4n) is 2.50. The second-order valence-electron chi connectivity index (χ2n) is 5.95. The Morgan fingerprint density at radius 2 is 1.76 bits per heavy atom. The van der Waals surface area contributed by atoms with Crippen molar-refractivity contribution < 1.29 is 4.79 Å². The van der Waals surface area contributed by atoms with Crippen molar-refractivity contribution in [3.63, 3.8) is 0 Å². The summed E-state index contributed by atoms with van der Waals surface area (Å²) in [6.45, 7) is 10.3. The summed E-state index contributed by atoms with van der Waals surface area (Å²) in [6.07, 6.45) is 5.66. The Morgan fingerprint density at radius 1 is 1.10 bits per heavy atom. The van der Waals surface area contributed by atoms with Gasteiger partial charge in [0.15, 0.2) is 5.78 Å². The van der Waals surface area contributed by atoms with Crippen LogP contribution in [0.2, 0.25) is 0 Å². The minimum Gasteiger partial charge on any atom is -0.293 e. The molecular formula is C19H31NO. The molecule has 2 nitrogen and oxygen atoms in total. The van der Waals surface area contributed by atoms with Crippen LogP contribution >= 0.6 is 0 Å². The molecule has 1 aromatic rings. The molecule has 0 aliphatic heterocycles. The van der Waals surface area contributed by atoms with Crippen molar-refractivity contribution in [3.8, 4) is 0 Å². The first-order chi connectivity index (χ1) is 10.1. The number of hydrogen-bond donors (Lipinski definition) is 0. The summed E-state index contributed by atoms with van der Waals surface area (Å²) in [5.41, 5.74) is 2.17. The number of nitrogens with zero attached hydrogens (tertiary/aromatic N) is 1. The molecule has 0 radical (unpaired) electrons. The molecule has 1 rings (SSSR count). The van der Waals surface area contributed by atoms with Gasteiger partial charge < -0.3 is 0 Å². The van der Waals surface area contributed by atoms with Crippen molar-refractivity contribution in [2.45, 2.75) is 65.8 Å². The van der Waals surface area contributed by atoms with Gasteiger partial charge in [-0.2, -0.15) is 0 Å². The highest BCUT2D eigenvalue weighted by molar-refractivity contribution is 5.97. The Morgan fingerprint density at radius 3 is 2.29 bits per heavy atom. The van der Waals surface area contributed by atoms with Crippen molar-refractivity contribution in [1.82, 2.24) is 4.90 Å². The number of hydrogen-bond acceptors (Lipinski definition) is 2. The predicted molar refractivity (Wildman–Crippen MR) is 91.0 cm³/mol. The molecular weight excluding hydrogens is 258 g/mol. The van der Waals surface area contributed by atoms with Crippen LogP contribution in [0.1, 0.15) is 69.3 Å². The summed E-state index contributed by atoms with van der Waals surface area (Å²) >= 11 is 0. The molecule has 118 valence electrons. The molecule has 0 aromatic heterocycles. The fourth-order valence-corrected chi connectivity index (χ4v) is 2.50. The molecule has 0 aliphatic rings. The highest BCUT2D eigenvalue weighted by Crippen LogP contribution is 2.11. The number of Topliss-reactive ketones (excluding diaryl/α,β-unsaturated/α-hetero) is 1. The standard InChI is InChI=1S/C19H31NO/c1-5-8-14-20(16(4)7-3)15-19(21)18-12-10-17(9-6-2)11-13-18/h10-13,16H,5-9,14-15H2,1-4H3. The van der Waals surface area contributed by atoms with Crippen molar-refractivity contribution in [3.05, 3.63) is 35.4 Å².